The molecule has 0 aliphatic rings. The largest absolute Gasteiger partial charge is 0.294 e. The number of hydrogen-bond donors (Lipinski definition) is 0. The van der Waals surface area contributed by atoms with E-state index in [1.54, 1.807) is 25.4 Å². The van der Waals surface area contributed by atoms with Crippen LogP contribution in [0, 0.1) is 0 Å². The SMILES string of the molecule is CC(=O)c1ccncc1C(C)C. The highest BCUT2D eigenvalue weighted by molar-refractivity contribution is 5.95. The van der Waals surface area contributed by atoms with E-state index in [1.165, 1.54) is 0 Å². The predicted octanol–water partition coefficient (Wildman–Crippen LogP) is 2.41. The van der Waals surface area contributed by atoms with Gasteiger partial charge in [0.05, 0.1) is 0 Å². The number of rotatable bonds is 2. The smallest absolute Gasteiger partial charge is 0.160 e. The number of carbonyl (C=O) groups excluding carboxylic acids is 1. The van der Waals surface area contributed by atoms with Crippen LogP contribution in [0.4, 0.5) is 0 Å². The zero-order valence-electron chi connectivity index (χ0n) is 7.66. The molecule has 1 heterocycles. The third-order valence-corrected chi connectivity index (χ3v) is 1.85. The summed E-state index contributed by atoms with van der Waals surface area (Å²) in [4.78, 5) is 15.1. The number of carbonyl (C=O) groups is 1. The van der Waals surface area contributed by atoms with Crippen molar-refractivity contribution in [3.05, 3.63) is 29.6 Å². The molecule has 1 rings (SSSR count). The monoisotopic (exact) mass is 163 g/mol. The lowest BCUT2D eigenvalue weighted by Crippen LogP contribution is -2.01. The molecule has 0 aliphatic carbocycles. The van der Waals surface area contributed by atoms with Gasteiger partial charge < -0.3 is 0 Å². The lowest BCUT2D eigenvalue weighted by atomic mass is 9.98. The summed E-state index contributed by atoms with van der Waals surface area (Å²) in [5.74, 6) is 0.471. The van der Waals surface area contributed by atoms with E-state index in [-0.39, 0.29) is 5.78 Å². The fourth-order valence-electron chi connectivity index (χ4n) is 1.19. The molecule has 12 heavy (non-hydrogen) atoms. The fraction of sp³-hybridized carbons (Fsp3) is 0.400. The Kier molecular flexibility index (Phi) is 2.58. The van der Waals surface area contributed by atoms with Gasteiger partial charge in [0, 0.05) is 18.0 Å². The van der Waals surface area contributed by atoms with Crippen LogP contribution in [0.25, 0.3) is 0 Å². The van der Waals surface area contributed by atoms with E-state index < -0.39 is 0 Å². The second-order valence-electron chi connectivity index (χ2n) is 3.17. The van der Waals surface area contributed by atoms with Crippen LogP contribution < -0.4 is 0 Å². The van der Waals surface area contributed by atoms with Crippen molar-refractivity contribution in [2.75, 3.05) is 0 Å². The van der Waals surface area contributed by atoms with E-state index >= 15 is 0 Å². The Balaban J connectivity index is 3.17. The van der Waals surface area contributed by atoms with Crippen molar-refractivity contribution >= 4 is 5.78 Å². The average Bonchev–Trinajstić information content (AvgIpc) is 2.04. The first-order valence-corrected chi connectivity index (χ1v) is 4.07. The van der Waals surface area contributed by atoms with Crippen LogP contribution in [0.15, 0.2) is 18.5 Å². The van der Waals surface area contributed by atoms with Crippen LogP contribution in [0.2, 0.25) is 0 Å². The molecule has 0 amide bonds. The predicted molar refractivity (Wildman–Crippen MR) is 48.3 cm³/mol. The highest BCUT2D eigenvalue weighted by Crippen LogP contribution is 2.17. The summed E-state index contributed by atoms with van der Waals surface area (Å²) in [5, 5.41) is 0. The summed E-state index contributed by atoms with van der Waals surface area (Å²) in [6.07, 6.45) is 3.42. The molecule has 1 aromatic rings. The van der Waals surface area contributed by atoms with E-state index in [4.69, 9.17) is 0 Å². The van der Waals surface area contributed by atoms with Crippen LogP contribution in [-0.4, -0.2) is 10.8 Å². The molecule has 64 valence electrons. The lowest BCUT2D eigenvalue weighted by Gasteiger charge is -2.08. The molecule has 2 nitrogen and oxygen atoms in total. The average molecular weight is 163 g/mol. The van der Waals surface area contributed by atoms with Gasteiger partial charge in [0.15, 0.2) is 5.78 Å². The molecule has 0 fully saturated rings. The zero-order valence-corrected chi connectivity index (χ0v) is 7.66. The highest BCUT2D eigenvalue weighted by Gasteiger charge is 2.08. The van der Waals surface area contributed by atoms with Crippen molar-refractivity contribution in [3.63, 3.8) is 0 Å². The molecule has 0 N–H and O–H groups in total. The zero-order chi connectivity index (χ0) is 9.14. The molecule has 1 aromatic heterocycles. The summed E-state index contributed by atoms with van der Waals surface area (Å²) < 4.78 is 0. The van der Waals surface area contributed by atoms with E-state index in [0.717, 1.165) is 11.1 Å². The molecular formula is C10H13NO. The second kappa shape index (κ2) is 3.48. The van der Waals surface area contributed by atoms with E-state index in [1.807, 2.05) is 0 Å². The maximum atomic E-state index is 11.1. The Hall–Kier alpha value is -1.18. The second-order valence-corrected chi connectivity index (χ2v) is 3.17. The fourth-order valence-corrected chi connectivity index (χ4v) is 1.19. The standard InChI is InChI=1S/C10H13NO/c1-7(2)10-6-11-5-4-9(10)8(3)12/h4-7H,1-3H3. The Morgan fingerprint density at radius 1 is 1.50 bits per heavy atom. The Morgan fingerprint density at radius 3 is 2.58 bits per heavy atom. The molecule has 0 spiro atoms. The Morgan fingerprint density at radius 2 is 2.17 bits per heavy atom. The molecule has 0 saturated heterocycles. The maximum Gasteiger partial charge on any atom is 0.160 e. The molecule has 0 radical (unpaired) electrons. The minimum absolute atomic E-state index is 0.112. The Bertz CT molecular complexity index is 292. The van der Waals surface area contributed by atoms with Crippen LogP contribution in [-0.2, 0) is 0 Å². The topological polar surface area (TPSA) is 30.0 Å². The van der Waals surface area contributed by atoms with Gasteiger partial charge in [-0.15, -0.1) is 0 Å². The number of pyridine rings is 1. The molecule has 0 saturated carbocycles. The first kappa shape index (κ1) is 8.91. The first-order chi connectivity index (χ1) is 5.63. The summed E-state index contributed by atoms with van der Waals surface area (Å²) in [6, 6.07) is 1.78. The number of ketones is 1. The molecular weight excluding hydrogens is 150 g/mol. The van der Waals surface area contributed by atoms with Crippen LogP contribution in [0.1, 0.15) is 42.6 Å². The molecule has 0 bridgehead atoms. The van der Waals surface area contributed by atoms with Crippen LogP contribution >= 0.6 is 0 Å². The molecule has 0 unspecified atom stereocenters. The van der Waals surface area contributed by atoms with Crippen LogP contribution in [0.3, 0.4) is 0 Å². The first-order valence-electron chi connectivity index (χ1n) is 4.07. The normalized spacial score (nSPS) is 10.3. The molecule has 2 heteroatoms. The van der Waals surface area contributed by atoms with Crippen LogP contribution in [0.5, 0.6) is 0 Å². The molecule has 0 aliphatic heterocycles. The summed E-state index contributed by atoms with van der Waals surface area (Å²) in [7, 11) is 0. The van der Waals surface area contributed by atoms with Gasteiger partial charge in [0.25, 0.3) is 0 Å². The molecule has 0 aromatic carbocycles. The number of aromatic nitrogens is 1. The Labute approximate surface area is 72.6 Å². The van der Waals surface area contributed by atoms with Gasteiger partial charge in [0.2, 0.25) is 0 Å². The minimum Gasteiger partial charge on any atom is -0.294 e. The maximum absolute atomic E-state index is 11.1. The van der Waals surface area contributed by atoms with E-state index in [0.29, 0.717) is 5.92 Å². The highest BCUT2D eigenvalue weighted by atomic mass is 16.1. The summed E-state index contributed by atoms with van der Waals surface area (Å²) in [6.45, 7) is 5.70. The lowest BCUT2D eigenvalue weighted by molar-refractivity contribution is 0.101. The van der Waals surface area contributed by atoms with Crippen molar-refractivity contribution in [1.29, 1.82) is 0 Å². The van der Waals surface area contributed by atoms with Crippen molar-refractivity contribution in [2.45, 2.75) is 26.7 Å². The van der Waals surface area contributed by atoms with Gasteiger partial charge in [-0.05, 0) is 24.5 Å². The number of Topliss-reactive ketones (excluding diaryl/α,β-unsaturated/α-hetero) is 1. The van der Waals surface area contributed by atoms with E-state index in [9.17, 15) is 4.79 Å². The van der Waals surface area contributed by atoms with Gasteiger partial charge in [-0.2, -0.15) is 0 Å². The minimum atomic E-state index is 0.112. The van der Waals surface area contributed by atoms with E-state index in [2.05, 4.69) is 18.8 Å². The third kappa shape index (κ3) is 1.70. The van der Waals surface area contributed by atoms with Gasteiger partial charge in [-0.3, -0.25) is 9.78 Å². The van der Waals surface area contributed by atoms with Crippen molar-refractivity contribution in [1.82, 2.24) is 4.98 Å². The molecule has 0 atom stereocenters. The quantitative estimate of drug-likeness (QED) is 0.626. The third-order valence-electron chi connectivity index (χ3n) is 1.85. The number of hydrogen-bond acceptors (Lipinski definition) is 2. The van der Waals surface area contributed by atoms with Gasteiger partial charge >= 0.3 is 0 Å². The summed E-state index contributed by atoms with van der Waals surface area (Å²) in [5.41, 5.74) is 1.82. The van der Waals surface area contributed by atoms with Crippen molar-refractivity contribution < 1.29 is 4.79 Å². The van der Waals surface area contributed by atoms with Gasteiger partial charge in [-0.1, -0.05) is 13.8 Å². The van der Waals surface area contributed by atoms with Gasteiger partial charge in [0.1, 0.15) is 0 Å². The van der Waals surface area contributed by atoms with Crippen molar-refractivity contribution in [2.24, 2.45) is 0 Å². The van der Waals surface area contributed by atoms with Crippen molar-refractivity contribution in [3.8, 4) is 0 Å². The number of nitrogens with zero attached hydrogens (tertiary/aromatic N) is 1. The summed E-state index contributed by atoms with van der Waals surface area (Å²) >= 11 is 0. The van der Waals surface area contributed by atoms with Gasteiger partial charge in [-0.25, -0.2) is 0 Å².